The van der Waals surface area contributed by atoms with Gasteiger partial charge in [-0.1, -0.05) is 33.4 Å². The fourth-order valence-electron chi connectivity index (χ4n) is 2.46. The smallest absolute Gasteiger partial charge is 0.273 e. The molecule has 3 aromatic rings. The molecular weight excluding hydrogens is 360 g/mol. The van der Waals surface area contributed by atoms with E-state index in [4.69, 9.17) is 9.47 Å². The van der Waals surface area contributed by atoms with E-state index in [-0.39, 0.29) is 17.8 Å². The molecule has 0 fully saturated rings. The van der Waals surface area contributed by atoms with Gasteiger partial charge in [0, 0.05) is 17.7 Å². The number of aromatic nitrogens is 3. The van der Waals surface area contributed by atoms with E-state index in [1.54, 1.807) is 19.1 Å². The van der Waals surface area contributed by atoms with Gasteiger partial charge in [-0.25, -0.2) is 4.98 Å². The maximum Gasteiger partial charge on any atom is 0.273 e. The monoisotopic (exact) mass is 382 g/mol. The fraction of sp³-hybridized carbons (Fsp3) is 0.300. The van der Waals surface area contributed by atoms with Crippen LogP contribution in [0.5, 0.6) is 11.6 Å². The summed E-state index contributed by atoms with van der Waals surface area (Å²) in [6, 6.07) is 7.80. The molecule has 0 N–H and O–H groups in total. The quantitative estimate of drug-likeness (QED) is 0.339. The van der Waals surface area contributed by atoms with Crippen LogP contribution in [0.3, 0.4) is 0 Å². The first-order chi connectivity index (χ1) is 13.1. The van der Waals surface area contributed by atoms with Gasteiger partial charge in [-0.2, -0.15) is 4.98 Å². The summed E-state index contributed by atoms with van der Waals surface area (Å²) < 4.78 is 13.5. The van der Waals surface area contributed by atoms with Crippen LogP contribution in [-0.4, -0.2) is 19.5 Å². The van der Waals surface area contributed by atoms with E-state index in [9.17, 15) is 10.1 Å². The third-order valence-electron chi connectivity index (χ3n) is 4.15. The van der Waals surface area contributed by atoms with E-state index < -0.39 is 4.92 Å². The topological polar surface area (TPSA) is 92.3 Å². The minimum atomic E-state index is -0.469. The van der Waals surface area contributed by atoms with Crippen LogP contribution >= 0.6 is 0 Å². The Morgan fingerprint density at radius 1 is 1.29 bits per heavy atom. The average molecular weight is 382 g/mol. The van der Waals surface area contributed by atoms with Gasteiger partial charge < -0.3 is 9.47 Å². The molecule has 0 unspecified atom stereocenters. The number of benzene rings is 1. The van der Waals surface area contributed by atoms with Crippen molar-refractivity contribution in [2.24, 2.45) is 5.41 Å². The molecule has 0 amide bonds. The number of allylic oxidation sites excluding steroid dienone is 1. The lowest BCUT2D eigenvalue weighted by atomic mass is 9.95. The van der Waals surface area contributed by atoms with E-state index in [1.807, 2.05) is 37.6 Å². The number of nitrogens with zero attached hydrogens (tertiary/aromatic N) is 4. The summed E-state index contributed by atoms with van der Waals surface area (Å²) in [6.07, 6.45) is 1.83. The zero-order chi connectivity index (χ0) is 20.5. The summed E-state index contributed by atoms with van der Waals surface area (Å²) in [6.45, 7) is 12.1. The van der Waals surface area contributed by atoms with Gasteiger partial charge in [0.1, 0.15) is 17.2 Å². The van der Waals surface area contributed by atoms with Crippen molar-refractivity contribution in [3.63, 3.8) is 0 Å². The maximum atomic E-state index is 11.0. The number of rotatable bonds is 6. The van der Waals surface area contributed by atoms with Crippen molar-refractivity contribution >= 4 is 16.7 Å². The zero-order valence-electron chi connectivity index (χ0n) is 16.3. The molecule has 3 rings (SSSR count). The molecule has 0 aliphatic heterocycles. The summed E-state index contributed by atoms with van der Waals surface area (Å²) in [5.74, 6) is 1.85. The van der Waals surface area contributed by atoms with E-state index >= 15 is 0 Å². The van der Waals surface area contributed by atoms with Crippen LogP contribution in [0.2, 0.25) is 0 Å². The minimum Gasteiger partial charge on any atom is -0.477 e. The summed E-state index contributed by atoms with van der Waals surface area (Å²) in [5.41, 5.74) is 0.435. The Balaban J connectivity index is 1.90. The van der Waals surface area contributed by atoms with Crippen LogP contribution in [-0.2, 0) is 11.5 Å². The SMILES string of the molecule is C=C(OCn1ccc2c(Oc3cccc([N+](=O)[O-])c3)nc(C)nc21)C(C)(C)C. The normalized spacial score (nSPS) is 11.4. The van der Waals surface area contributed by atoms with Gasteiger partial charge in [0.25, 0.3) is 5.69 Å². The second-order valence-corrected chi connectivity index (χ2v) is 7.40. The van der Waals surface area contributed by atoms with E-state index in [2.05, 4.69) is 16.5 Å². The molecule has 0 aliphatic carbocycles. The summed E-state index contributed by atoms with van der Waals surface area (Å²) >= 11 is 0. The lowest BCUT2D eigenvalue weighted by Gasteiger charge is -2.22. The number of nitro benzene ring substituents is 1. The van der Waals surface area contributed by atoms with Gasteiger partial charge >= 0.3 is 0 Å². The number of ether oxygens (including phenoxy) is 2. The molecule has 1 aromatic carbocycles. The summed E-state index contributed by atoms with van der Waals surface area (Å²) in [5, 5.41) is 11.7. The molecule has 8 heteroatoms. The Bertz CT molecular complexity index is 1050. The van der Waals surface area contributed by atoms with Crippen LogP contribution in [0.4, 0.5) is 5.69 Å². The first-order valence-corrected chi connectivity index (χ1v) is 8.73. The van der Waals surface area contributed by atoms with Gasteiger partial charge in [-0.3, -0.25) is 14.7 Å². The molecule has 0 aliphatic rings. The third-order valence-corrected chi connectivity index (χ3v) is 4.15. The Morgan fingerprint density at radius 2 is 2.04 bits per heavy atom. The van der Waals surface area contributed by atoms with Crippen LogP contribution < -0.4 is 4.74 Å². The fourth-order valence-corrected chi connectivity index (χ4v) is 2.46. The number of nitro groups is 1. The molecule has 0 radical (unpaired) electrons. The van der Waals surface area contributed by atoms with Crippen molar-refractivity contribution in [3.8, 4) is 11.6 Å². The molecule has 0 spiro atoms. The van der Waals surface area contributed by atoms with Crippen molar-refractivity contribution in [2.45, 2.75) is 34.4 Å². The van der Waals surface area contributed by atoms with Gasteiger partial charge in [-0.05, 0) is 19.1 Å². The molecular formula is C20H22N4O4. The lowest BCUT2D eigenvalue weighted by Crippen LogP contribution is -2.13. The molecule has 0 atom stereocenters. The molecule has 146 valence electrons. The van der Waals surface area contributed by atoms with Crippen molar-refractivity contribution in [1.29, 1.82) is 0 Å². The molecule has 2 aromatic heterocycles. The zero-order valence-corrected chi connectivity index (χ0v) is 16.3. The Morgan fingerprint density at radius 3 is 2.71 bits per heavy atom. The number of non-ortho nitro benzene ring substituents is 1. The first kappa shape index (κ1) is 19.3. The highest BCUT2D eigenvalue weighted by Gasteiger charge is 2.18. The van der Waals surface area contributed by atoms with E-state index in [1.165, 1.54) is 12.1 Å². The van der Waals surface area contributed by atoms with Crippen molar-refractivity contribution in [3.05, 3.63) is 64.8 Å². The lowest BCUT2D eigenvalue weighted by molar-refractivity contribution is -0.384. The van der Waals surface area contributed by atoms with Crippen molar-refractivity contribution in [1.82, 2.24) is 14.5 Å². The number of aryl methyl sites for hydroxylation is 1. The van der Waals surface area contributed by atoms with E-state index in [0.717, 1.165) is 0 Å². The van der Waals surface area contributed by atoms with Crippen LogP contribution in [0.15, 0.2) is 48.9 Å². The average Bonchev–Trinajstić information content (AvgIpc) is 3.02. The molecule has 0 saturated heterocycles. The minimum absolute atomic E-state index is 0.0498. The Labute approximate surface area is 162 Å². The number of fused-ring (bicyclic) bond motifs is 1. The van der Waals surface area contributed by atoms with Crippen LogP contribution in [0.1, 0.15) is 26.6 Å². The second kappa shape index (κ2) is 7.30. The largest absolute Gasteiger partial charge is 0.477 e. The predicted octanol–water partition coefficient (Wildman–Crippen LogP) is 4.97. The summed E-state index contributed by atoms with van der Waals surface area (Å²) in [4.78, 5) is 19.3. The van der Waals surface area contributed by atoms with Crippen LogP contribution in [0.25, 0.3) is 11.0 Å². The highest BCUT2D eigenvalue weighted by atomic mass is 16.6. The van der Waals surface area contributed by atoms with Gasteiger partial charge in [0.15, 0.2) is 6.73 Å². The second-order valence-electron chi connectivity index (χ2n) is 7.40. The molecule has 8 nitrogen and oxygen atoms in total. The van der Waals surface area contributed by atoms with Gasteiger partial charge in [0.2, 0.25) is 5.88 Å². The van der Waals surface area contributed by atoms with Crippen LogP contribution in [0, 0.1) is 22.5 Å². The highest BCUT2D eigenvalue weighted by Crippen LogP contribution is 2.30. The van der Waals surface area contributed by atoms with E-state index in [0.29, 0.717) is 34.2 Å². The summed E-state index contributed by atoms with van der Waals surface area (Å²) in [7, 11) is 0. The van der Waals surface area contributed by atoms with Crippen molar-refractivity contribution in [2.75, 3.05) is 0 Å². The van der Waals surface area contributed by atoms with Gasteiger partial charge in [-0.15, -0.1) is 0 Å². The Hall–Kier alpha value is -3.42. The standard InChI is InChI=1S/C20H22N4O4/c1-13(20(3,4)5)27-12-23-10-9-17-18(23)21-14(2)22-19(17)28-16-8-6-7-15(11-16)24(25)26/h6-11H,1,12H2,2-5H3. The molecule has 2 heterocycles. The molecule has 28 heavy (non-hydrogen) atoms. The first-order valence-electron chi connectivity index (χ1n) is 8.73. The number of hydrogen-bond acceptors (Lipinski definition) is 6. The number of hydrogen-bond donors (Lipinski definition) is 0. The molecule has 0 saturated carbocycles. The van der Waals surface area contributed by atoms with Crippen molar-refractivity contribution < 1.29 is 14.4 Å². The van der Waals surface area contributed by atoms with Gasteiger partial charge in [0.05, 0.1) is 22.1 Å². The third kappa shape index (κ3) is 4.11. The predicted molar refractivity (Wildman–Crippen MR) is 105 cm³/mol. The highest BCUT2D eigenvalue weighted by molar-refractivity contribution is 5.81. The maximum absolute atomic E-state index is 11.0. The molecule has 0 bridgehead atoms. The Kier molecular flexibility index (Phi) is 5.04.